The number of benzene rings is 1. The summed E-state index contributed by atoms with van der Waals surface area (Å²) in [7, 11) is 3.18. The maximum atomic E-state index is 14.0. The Hall–Kier alpha value is -2.85. The van der Waals surface area contributed by atoms with Crippen LogP contribution in [0.2, 0.25) is 0 Å². The van der Waals surface area contributed by atoms with Crippen LogP contribution in [0.1, 0.15) is 12.8 Å². The Kier molecular flexibility index (Phi) is 8.90. The van der Waals surface area contributed by atoms with Gasteiger partial charge in [0.15, 0.2) is 11.6 Å². The summed E-state index contributed by atoms with van der Waals surface area (Å²) >= 11 is 0. The van der Waals surface area contributed by atoms with Crippen LogP contribution in [0, 0.1) is 5.82 Å². The molecule has 4 N–H and O–H groups in total. The summed E-state index contributed by atoms with van der Waals surface area (Å²) in [4.78, 5) is 22.3. The first-order valence-corrected chi connectivity index (χ1v) is 11.3. The average molecular weight is 463 g/mol. The fraction of sp³-hybridized carbons (Fsp3) is 0.565. The number of nitrogens with zero attached hydrogens (tertiary/aromatic N) is 4. The zero-order valence-corrected chi connectivity index (χ0v) is 19.5. The molecule has 1 aromatic rings. The lowest BCUT2D eigenvalue weighted by Crippen LogP contribution is -2.49. The lowest BCUT2D eigenvalue weighted by Gasteiger charge is -2.37. The van der Waals surface area contributed by atoms with Crippen molar-refractivity contribution in [1.82, 2.24) is 15.1 Å². The third-order valence-corrected chi connectivity index (χ3v) is 6.08. The highest BCUT2D eigenvalue weighted by molar-refractivity contribution is 5.81. The van der Waals surface area contributed by atoms with E-state index in [1.807, 2.05) is 6.07 Å². The van der Waals surface area contributed by atoms with Crippen LogP contribution < -0.4 is 20.7 Å². The Labute approximate surface area is 194 Å². The largest absolute Gasteiger partial charge is 0.492 e. The molecule has 1 unspecified atom stereocenters. The topological polar surface area (TPSA) is 107 Å². The number of aliphatic imine (C=N–C) groups is 1. The van der Waals surface area contributed by atoms with Crippen LogP contribution >= 0.6 is 0 Å². The van der Waals surface area contributed by atoms with Crippen molar-refractivity contribution in [2.75, 3.05) is 71.4 Å². The molecule has 2 amide bonds. The third-order valence-electron chi connectivity index (χ3n) is 6.08. The van der Waals surface area contributed by atoms with Crippen molar-refractivity contribution >= 4 is 17.9 Å². The van der Waals surface area contributed by atoms with Crippen molar-refractivity contribution in [3.05, 3.63) is 35.3 Å². The normalized spacial score (nSPS) is 18.7. The maximum absolute atomic E-state index is 14.0. The van der Waals surface area contributed by atoms with Gasteiger partial charge in [0.05, 0.1) is 25.4 Å². The smallest absolute Gasteiger partial charge is 0.317 e. The lowest BCUT2D eigenvalue weighted by molar-refractivity contribution is 0.102. The fourth-order valence-corrected chi connectivity index (χ4v) is 4.25. The number of piperazine rings is 1. The van der Waals surface area contributed by atoms with Gasteiger partial charge in [0.1, 0.15) is 0 Å². The molecular formula is C23H35FN6O3. The van der Waals surface area contributed by atoms with Crippen LogP contribution in [-0.4, -0.2) is 99.8 Å². The molecule has 3 rings (SSSR count). The number of carbonyl (C=O) groups is 1. The van der Waals surface area contributed by atoms with Crippen molar-refractivity contribution in [3.8, 4) is 5.75 Å². The van der Waals surface area contributed by atoms with Crippen LogP contribution in [0.4, 0.5) is 14.9 Å². The summed E-state index contributed by atoms with van der Waals surface area (Å²) in [5.74, 6) is -0.101. The number of rotatable bonds is 8. The first-order chi connectivity index (χ1) is 15.9. The van der Waals surface area contributed by atoms with Crippen molar-refractivity contribution in [1.29, 1.82) is 0 Å². The van der Waals surface area contributed by atoms with Gasteiger partial charge < -0.3 is 30.7 Å². The first kappa shape index (κ1) is 24.8. The number of β-amino-alcohol motifs (C(OH)–C–C–N with tert-alkyl or cyclic N) is 1. The molecule has 0 spiro atoms. The van der Waals surface area contributed by atoms with Gasteiger partial charge >= 0.3 is 6.03 Å². The number of ether oxygens (including phenoxy) is 1. The van der Waals surface area contributed by atoms with E-state index in [4.69, 9.17) is 10.5 Å². The van der Waals surface area contributed by atoms with Gasteiger partial charge in [-0.1, -0.05) is 6.07 Å². The second-order valence-electron chi connectivity index (χ2n) is 8.36. The minimum Gasteiger partial charge on any atom is -0.492 e. The van der Waals surface area contributed by atoms with Gasteiger partial charge in [-0.25, -0.2) is 9.18 Å². The van der Waals surface area contributed by atoms with Gasteiger partial charge in [0, 0.05) is 64.8 Å². The van der Waals surface area contributed by atoms with Crippen LogP contribution in [0.3, 0.4) is 0 Å². The summed E-state index contributed by atoms with van der Waals surface area (Å²) in [6, 6.07) is 4.77. The van der Waals surface area contributed by atoms with Crippen molar-refractivity contribution in [2.45, 2.75) is 18.9 Å². The summed E-state index contributed by atoms with van der Waals surface area (Å²) in [5.41, 5.74) is 8.43. The standard InChI is InChI=1S/C23H35FN6O3/c1-26-14-17-7-9-30(16-20(17)25)23(32)27-8-6-18(31)15-28-10-12-29(13-11-28)21-5-3-4-19(24)22(21)33-2/h3-5,14,18,31H,6-13,15-16,25H2,1-2H3,(H,27,32). The van der Waals surface area contributed by atoms with Crippen molar-refractivity contribution < 1.29 is 19.0 Å². The average Bonchev–Trinajstić information content (AvgIpc) is 2.80. The molecule has 0 saturated carbocycles. The quantitative estimate of drug-likeness (QED) is 0.499. The summed E-state index contributed by atoms with van der Waals surface area (Å²) in [6.45, 7) is 4.85. The molecule has 10 heteroatoms. The monoisotopic (exact) mass is 462 g/mol. The zero-order valence-electron chi connectivity index (χ0n) is 19.5. The number of amides is 2. The second kappa shape index (κ2) is 11.9. The number of aliphatic hydroxyl groups excluding tert-OH is 1. The SMILES string of the molecule is CN=CC1=C(N)CN(C(=O)NCCC(O)CN2CCN(c3cccc(F)c3OC)CC2)CC1. The number of urea groups is 1. The second-order valence-corrected chi connectivity index (χ2v) is 8.36. The van der Waals surface area contributed by atoms with Crippen LogP contribution in [0.15, 0.2) is 34.5 Å². The molecule has 33 heavy (non-hydrogen) atoms. The van der Waals surface area contributed by atoms with E-state index in [0.717, 1.165) is 37.4 Å². The fourth-order valence-electron chi connectivity index (χ4n) is 4.25. The van der Waals surface area contributed by atoms with E-state index >= 15 is 0 Å². The van der Waals surface area contributed by atoms with Gasteiger partial charge in [-0.05, 0) is 30.5 Å². The predicted octanol–water partition coefficient (Wildman–Crippen LogP) is 1.04. The summed E-state index contributed by atoms with van der Waals surface area (Å²) in [5, 5.41) is 13.3. The van der Waals surface area contributed by atoms with E-state index in [2.05, 4.69) is 20.1 Å². The molecule has 0 aliphatic carbocycles. The van der Waals surface area contributed by atoms with Crippen LogP contribution in [0.5, 0.6) is 5.75 Å². The minimum atomic E-state index is -0.542. The van der Waals surface area contributed by atoms with E-state index in [-0.39, 0.29) is 17.6 Å². The molecule has 2 aliphatic heterocycles. The molecule has 1 fully saturated rings. The Balaban J connectivity index is 1.37. The van der Waals surface area contributed by atoms with Gasteiger partial charge in [0.2, 0.25) is 0 Å². The molecule has 9 nitrogen and oxygen atoms in total. The van der Waals surface area contributed by atoms with E-state index in [0.29, 0.717) is 44.7 Å². The lowest BCUT2D eigenvalue weighted by atomic mass is 10.1. The molecule has 0 bridgehead atoms. The number of anilines is 1. The van der Waals surface area contributed by atoms with Crippen LogP contribution in [0.25, 0.3) is 0 Å². The Morgan fingerprint density at radius 1 is 1.33 bits per heavy atom. The predicted molar refractivity (Wildman–Crippen MR) is 127 cm³/mol. The number of halogens is 1. The molecule has 0 radical (unpaired) electrons. The number of carbonyl (C=O) groups excluding carboxylic acids is 1. The number of hydrogen-bond donors (Lipinski definition) is 3. The molecule has 1 atom stereocenters. The molecule has 1 aromatic carbocycles. The van der Waals surface area contributed by atoms with Gasteiger partial charge in [-0.15, -0.1) is 0 Å². The highest BCUT2D eigenvalue weighted by Crippen LogP contribution is 2.31. The highest BCUT2D eigenvalue weighted by atomic mass is 19.1. The Morgan fingerprint density at radius 3 is 2.76 bits per heavy atom. The summed E-state index contributed by atoms with van der Waals surface area (Å²) < 4.78 is 19.2. The number of hydrogen-bond acceptors (Lipinski definition) is 7. The number of methoxy groups -OCH3 is 1. The molecule has 182 valence electrons. The molecule has 0 aromatic heterocycles. The highest BCUT2D eigenvalue weighted by Gasteiger charge is 2.23. The van der Waals surface area contributed by atoms with E-state index < -0.39 is 6.10 Å². The number of nitrogens with two attached hydrogens (primary N) is 1. The summed E-state index contributed by atoms with van der Waals surface area (Å²) in [6.07, 6.45) is 2.36. The number of nitrogens with one attached hydrogen (secondary N) is 1. The minimum absolute atomic E-state index is 0.171. The van der Waals surface area contributed by atoms with Gasteiger partial charge in [0.25, 0.3) is 0 Å². The first-order valence-electron chi connectivity index (χ1n) is 11.3. The Bertz CT molecular complexity index is 870. The van der Waals surface area contributed by atoms with Gasteiger partial charge in [-0.3, -0.25) is 9.89 Å². The van der Waals surface area contributed by atoms with E-state index in [1.54, 1.807) is 24.2 Å². The zero-order chi connectivity index (χ0) is 23.8. The number of aliphatic hydroxyl groups is 1. The molecular weight excluding hydrogens is 427 g/mol. The van der Waals surface area contributed by atoms with Crippen molar-refractivity contribution in [2.24, 2.45) is 10.7 Å². The van der Waals surface area contributed by atoms with Crippen molar-refractivity contribution in [3.63, 3.8) is 0 Å². The van der Waals surface area contributed by atoms with Crippen LogP contribution in [-0.2, 0) is 0 Å². The maximum Gasteiger partial charge on any atom is 0.317 e. The third kappa shape index (κ3) is 6.58. The Morgan fingerprint density at radius 2 is 2.09 bits per heavy atom. The molecule has 2 aliphatic rings. The number of para-hydroxylation sites is 1. The molecule has 1 saturated heterocycles. The van der Waals surface area contributed by atoms with E-state index in [1.165, 1.54) is 13.2 Å². The van der Waals surface area contributed by atoms with Gasteiger partial charge in [-0.2, -0.15) is 0 Å². The molecule has 2 heterocycles. The van der Waals surface area contributed by atoms with E-state index in [9.17, 15) is 14.3 Å².